The molecule has 0 unspecified atom stereocenters. The van der Waals surface area contributed by atoms with Crippen LogP contribution in [0.1, 0.15) is 32.8 Å². The smallest absolute Gasteiger partial charge is 0.408 e. The molecule has 2 aromatic carbocycles. The number of esters is 1. The minimum atomic E-state index is -0.981. The molecule has 0 aliphatic heterocycles. The lowest BCUT2D eigenvalue weighted by molar-refractivity contribution is -0.385. The van der Waals surface area contributed by atoms with E-state index in [0.29, 0.717) is 0 Å². The lowest BCUT2D eigenvalue weighted by Gasteiger charge is -2.23. The van der Waals surface area contributed by atoms with Crippen molar-refractivity contribution >= 4 is 34.6 Å². The molecule has 11 nitrogen and oxygen atoms in total. The lowest BCUT2D eigenvalue weighted by atomic mass is 10.0. The van der Waals surface area contributed by atoms with Crippen molar-refractivity contribution < 1.29 is 28.8 Å². The summed E-state index contributed by atoms with van der Waals surface area (Å²) in [5, 5.41) is 17.2. The fraction of sp³-hybridized carbons (Fsp3) is 0.320. The van der Waals surface area contributed by atoms with Gasteiger partial charge in [-0.25, -0.2) is 4.79 Å². The maximum absolute atomic E-state index is 13.0. The SMILES string of the molecule is CC(C)(C)OC(=O)N[C@@H](Cc1c[nH]c2ccccc12)C(=O)NCCC(=O)Oc1ccccc1[N+](=O)[O-]. The third kappa shape index (κ3) is 7.29. The van der Waals surface area contributed by atoms with Gasteiger partial charge in [-0.3, -0.25) is 19.7 Å². The molecule has 190 valence electrons. The maximum atomic E-state index is 13.0. The zero-order valence-electron chi connectivity index (χ0n) is 20.2. The number of nitro groups is 1. The second-order valence-corrected chi connectivity index (χ2v) is 9.00. The van der Waals surface area contributed by atoms with E-state index in [-0.39, 0.29) is 30.8 Å². The maximum Gasteiger partial charge on any atom is 0.408 e. The van der Waals surface area contributed by atoms with E-state index >= 15 is 0 Å². The highest BCUT2D eigenvalue weighted by Gasteiger charge is 2.26. The van der Waals surface area contributed by atoms with Crippen molar-refractivity contribution in [3.63, 3.8) is 0 Å². The van der Waals surface area contributed by atoms with Crippen molar-refractivity contribution in [1.29, 1.82) is 0 Å². The molecule has 0 spiro atoms. The van der Waals surface area contributed by atoms with E-state index in [2.05, 4.69) is 15.6 Å². The number of nitro benzene ring substituents is 1. The van der Waals surface area contributed by atoms with Gasteiger partial charge in [-0.1, -0.05) is 30.3 Å². The second-order valence-electron chi connectivity index (χ2n) is 9.00. The Hall–Kier alpha value is -4.41. The molecule has 0 saturated heterocycles. The summed E-state index contributed by atoms with van der Waals surface area (Å²) in [6, 6.07) is 12.1. The number of para-hydroxylation sites is 3. The van der Waals surface area contributed by atoms with Crippen LogP contribution < -0.4 is 15.4 Å². The molecular formula is C25H28N4O7. The predicted octanol–water partition coefficient (Wildman–Crippen LogP) is 3.62. The first-order valence-electron chi connectivity index (χ1n) is 11.3. The lowest BCUT2D eigenvalue weighted by Crippen LogP contribution is -2.49. The molecule has 0 fully saturated rings. The third-order valence-corrected chi connectivity index (χ3v) is 5.02. The first-order valence-corrected chi connectivity index (χ1v) is 11.3. The van der Waals surface area contributed by atoms with Gasteiger partial charge in [0, 0.05) is 36.1 Å². The van der Waals surface area contributed by atoms with Gasteiger partial charge in [-0.2, -0.15) is 0 Å². The van der Waals surface area contributed by atoms with Crippen LogP contribution in [0, 0.1) is 10.1 Å². The van der Waals surface area contributed by atoms with Crippen molar-refractivity contribution in [2.75, 3.05) is 6.54 Å². The molecule has 3 aromatic rings. The highest BCUT2D eigenvalue weighted by atomic mass is 16.6. The molecule has 3 rings (SSSR count). The summed E-state index contributed by atoms with van der Waals surface area (Å²) in [7, 11) is 0. The molecule has 2 amide bonds. The number of carbonyl (C=O) groups is 3. The molecule has 0 aliphatic carbocycles. The first-order chi connectivity index (χ1) is 17.0. The number of aromatic nitrogens is 1. The van der Waals surface area contributed by atoms with Crippen molar-refractivity contribution in [3.05, 3.63) is 70.4 Å². The highest BCUT2D eigenvalue weighted by molar-refractivity contribution is 5.88. The summed E-state index contributed by atoms with van der Waals surface area (Å²) in [5.41, 5.74) is 0.616. The summed E-state index contributed by atoms with van der Waals surface area (Å²) in [6.45, 7) is 5.04. The van der Waals surface area contributed by atoms with Crippen molar-refractivity contribution in [3.8, 4) is 5.75 Å². The molecule has 11 heteroatoms. The Morgan fingerprint density at radius 3 is 2.50 bits per heavy atom. The number of hydrogen-bond donors (Lipinski definition) is 3. The summed E-state index contributed by atoms with van der Waals surface area (Å²) in [5.74, 6) is -1.45. The van der Waals surface area contributed by atoms with Gasteiger partial charge < -0.3 is 25.1 Å². The topological polar surface area (TPSA) is 153 Å². The number of H-pyrrole nitrogens is 1. The molecule has 0 saturated carbocycles. The molecule has 36 heavy (non-hydrogen) atoms. The third-order valence-electron chi connectivity index (χ3n) is 5.02. The van der Waals surface area contributed by atoms with E-state index < -0.39 is 34.5 Å². The number of alkyl carbamates (subject to hydrolysis) is 1. The van der Waals surface area contributed by atoms with Crippen LogP contribution in [0.15, 0.2) is 54.7 Å². The van der Waals surface area contributed by atoms with Gasteiger partial charge >= 0.3 is 17.7 Å². The predicted molar refractivity (Wildman–Crippen MR) is 132 cm³/mol. The Morgan fingerprint density at radius 2 is 1.78 bits per heavy atom. The fourth-order valence-corrected chi connectivity index (χ4v) is 3.46. The average molecular weight is 497 g/mol. The number of rotatable bonds is 9. The zero-order valence-corrected chi connectivity index (χ0v) is 20.2. The van der Waals surface area contributed by atoms with Crippen LogP contribution in [0.2, 0.25) is 0 Å². The van der Waals surface area contributed by atoms with Gasteiger partial charge in [-0.15, -0.1) is 0 Å². The summed E-state index contributed by atoms with van der Waals surface area (Å²) >= 11 is 0. The Morgan fingerprint density at radius 1 is 1.08 bits per heavy atom. The van der Waals surface area contributed by atoms with Gasteiger partial charge in [0.25, 0.3) is 0 Å². The van der Waals surface area contributed by atoms with E-state index in [0.717, 1.165) is 16.5 Å². The largest absolute Gasteiger partial charge is 0.444 e. The number of nitrogens with one attached hydrogen (secondary N) is 3. The first kappa shape index (κ1) is 26.2. The number of carbonyl (C=O) groups excluding carboxylic acids is 3. The van der Waals surface area contributed by atoms with Gasteiger partial charge in [0.1, 0.15) is 11.6 Å². The van der Waals surface area contributed by atoms with Crippen LogP contribution in [0.25, 0.3) is 10.9 Å². The number of amides is 2. The fourth-order valence-electron chi connectivity index (χ4n) is 3.46. The van der Waals surface area contributed by atoms with Crippen LogP contribution in [0.5, 0.6) is 5.75 Å². The number of hydrogen-bond acceptors (Lipinski definition) is 7. The molecule has 1 aromatic heterocycles. The number of nitrogens with zero attached hydrogens (tertiary/aromatic N) is 1. The Kier molecular flexibility index (Phi) is 8.26. The summed E-state index contributed by atoms with van der Waals surface area (Å²) < 4.78 is 10.4. The van der Waals surface area contributed by atoms with Gasteiger partial charge in [0.2, 0.25) is 11.7 Å². The van der Waals surface area contributed by atoms with Crippen LogP contribution in [0.4, 0.5) is 10.5 Å². The van der Waals surface area contributed by atoms with Crippen molar-refractivity contribution in [2.24, 2.45) is 0 Å². The zero-order chi connectivity index (χ0) is 26.3. The van der Waals surface area contributed by atoms with Crippen LogP contribution in [0.3, 0.4) is 0 Å². The Bertz CT molecular complexity index is 1260. The van der Waals surface area contributed by atoms with Crippen LogP contribution >= 0.6 is 0 Å². The summed E-state index contributed by atoms with van der Waals surface area (Å²) in [4.78, 5) is 51.1. The monoisotopic (exact) mass is 496 g/mol. The van der Waals surface area contributed by atoms with Crippen molar-refractivity contribution in [2.45, 2.75) is 45.3 Å². The molecule has 0 bridgehead atoms. The Labute approximate surface area is 207 Å². The minimum absolute atomic E-state index is 0.0985. The highest BCUT2D eigenvalue weighted by Crippen LogP contribution is 2.26. The van der Waals surface area contributed by atoms with E-state index in [1.54, 1.807) is 27.0 Å². The van der Waals surface area contributed by atoms with E-state index in [1.807, 2.05) is 24.3 Å². The standard InChI is InChI=1S/C25H28N4O7/c1-25(2,3)36-24(32)28-19(14-16-15-27-18-9-5-4-8-17(16)18)23(31)26-13-12-22(30)35-21-11-7-6-10-20(21)29(33)34/h4-11,15,19,27H,12-14H2,1-3H3,(H,26,31)(H,28,32)/t19-/m0/s1. The summed E-state index contributed by atoms with van der Waals surface area (Å²) in [6.07, 6.45) is 0.962. The normalized spacial score (nSPS) is 12.0. The molecule has 0 aliphatic rings. The minimum Gasteiger partial charge on any atom is -0.444 e. The van der Waals surface area contributed by atoms with E-state index in [9.17, 15) is 24.5 Å². The van der Waals surface area contributed by atoms with Gasteiger partial charge in [0.05, 0.1) is 11.3 Å². The quantitative estimate of drug-likeness (QED) is 0.177. The number of ether oxygens (including phenoxy) is 2. The van der Waals surface area contributed by atoms with E-state index in [4.69, 9.17) is 9.47 Å². The number of aromatic amines is 1. The second kappa shape index (κ2) is 11.3. The molecule has 1 heterocycles. The van der Waals surface area contributed by atoms with Crippen LogP contribution in [-0.2, 0) is 20.7 Å². The Balaban J connectivity index is 1.64. The van der Waals surface area contributed by atoms with Crippen LogP contribution in [-0.4, -0.2) is 46.1 Å². The molecule has 1 atom stereocenters. The average Bonchev–Trinajstić information content (AvgIpc) is 3.20. The molecule has 0 radical (unpaired) electrons. The van der Waals surface area contributed by atoms with Gasteiger partial charge in [0.15, 0.2) is 0 Å². The molecule has 3 N–H and O–H groups in total. The van der Waals surface area contributed by atoms with Crippen molar-refractivity contribution in [1.82, 2.24) is 15.6 Å². The molecular weight excluding hydrogens is 468 g/mol. The van der Waals surface area contributed by atoms with E-state index in [1.165, 1.54) is 24.3 Å². The van der Waals surface area contributed by atoms with Gasteiger partial charge in [-0.05, 0) is 38.5 Å². The number of fused-ring (bicyclic) bond motifs is 1. The number of benzene rings is 2.